The molecule has 0 spiro atoms. The molecular formula is C18H20ClN3O2S. The van der Waals surface area contributed by atoms with Gasteiger partial charge in [-0.1, -0.05) is 31.9 Å². The van der Waals surface area contributed by atoms with Crippen molar-refractivity contribution in [2.45, 2.75) is 39.2 Å². The standard InChI is InChI=1S/C18H20ClN3O2S/c1-3-11-5-13(4-10(11)2)22-18-14(7-20-9-21-18)16(24)15-6-12(8-23)17(19)25-15/h6-11,13H,3-5H2,1-2H3,(H,20,21,22)/t10-,11-,13-/m0/s1. The van der Waals surface area contributed by atoms with Gasteiger partial charge in [0, 0.05) is 17.8 Å². The van der Waals surface area contributed by atoms with E-state index in [9.17, 15) is 9.59 Å². The molecule has 5 nitrogen and oxygen atoms in total. The fraction of sp³-hybridized carbons (Fsp3) is 0.444. The highest BCUT2D eigenvalue weighted by atomic mass is 35.5. The molecule has 132 valence electrons. The molecule has 1 saturated carbocycles. The molecule has 0 saturated heterocycles. The molecular weight excluding hydrogens is 358 g/mol. The van der Waals surface area contributed by atoms with E-state index in [1.165, 1.54) is 18.6 Å². The van der Waals surface area contributed by atoms with Crippen LogP contribution >= 0.6 is 22.9 Å². The third-order valence-corrected chi connectivity index (χ3v) is 6.32. The van der Waals surface area contributed by atoms with E-state index < -0.39 is 0 Å². The summed E-state index contributed by atoms with van der Waals surface area (Å²) in [5.74, 6) is 1.69. The number of hydrogen-bond donors (Lipinski definition) is 1. The third-order valence-electron chi connectivity index (χ3n) is 4.93. The van der Waals surface area contributed by atoms with Gasteiger partial charge in [0.15, 0.2) is 6.29 Å². The molecule has 2 heterocycles. The number of nitrogens with zero attached hydrogens (tertiary/aromatic N) is 2. The van der Waals surface area contributed by atoms with E-state index in [4.69, 9.17) is 11.6 Å². The van der Waals surface area contributed by atoms with Gasteiger partial charge in [-0.2, -0.15) is 0 Å². The lowest BCUT2D eigenvalue weighted by Gasteiger charge is -2.15. The van der Waals surface area contributed by atoms with E-state index in [1.807, 2.05) is 0 Å². The zero-order valence-electron chi connectivity index (χ0n) is 14.2. The van der Waals surface area contributed by atoms with E-state index in [1.54, 1.807) is 0 Å². The van der Waals surface area contributed by atoms with Crippen LogP contribution in [0.2, 0.25) is 4.34 Å². The number of halogens is 1. The molecule has 0 radical (unpaired) electrons. The van der Waals surface area contributed by atoms with Crippen molar-refractivity contribution in [2.24, 2.45) is 11.8 Å². The van der Waals surface area contributed by atoms with E-state index >= 15 is 0 Å². The summed E-state index contributed by atoms with van der Waals surface area (Å²) in [6, 6.07) is 1.82. The molecule has 25 heavy (non-hydrogen) atoms. The van der Waals surface area contributed by atoms with Crippen molar-refractivity contribution in [3.05, 3.63) is 38.9 Å². The van der Waals surface area contributed by atoms with Crippen LogP contribution in [0.25, 0.3) is 0 Å². The Morgan fingerprint density at radius 1 is 1.48 bits per heavy atom. The van der Waals surface area contributed by atoms with Crippen LogP contribution in [0.5, 0.6) is 0 Å². The number of thiophene rings is 1. The minimum Gasteiger partial charge on any atom is -0.367 e. The Labute approximate surface area is 155 Å². The molecule has 0 amide bonds. The van der Waals surface area contributed by atoms with Crippen molar-refractivity contribution in [2.75, 3.05) is 5.32 Å². The Balaban J connectivity index is 1.83. The highest BCUT2D eigenvalue weighted by Gasteiger charge is 2.31. The van der Waals surface area contributed by atoms with Crippen molar-refractivity contribution in [3.8, 4) is 0 Å². The summed E-state index contributed by atoms with van der Waals surface area (Å²) in [6.45, 7) is 4.49. The first-order valence-electron chi connectivity index (χ1n) is 8.39. The van der Waals surface area contributed by atoms with Gasteiger partial charge in [0.05, 0.1) is 10.4 Å². The first-order valence-corrected chi connectivity index (χ1v) is 9.58. The van der Waals surface area contributed by atoms with Crippen LogP contribution in [0.1, 0.15) is 58.7 Å². The van der Waals surface area contributed by atoms with E-state index in [-0.39, 0.29) is 5.78 Å². The van der Waals surface area contributed by atoms with Gasteiger partial charge in [0.25, 0.3) is 0 Å². The predicted molar refractivity (Wildman–Crippen MR) is 99.8 cm³/mol. The molecule has 0 aromatic carbocycles. The van der Waals surface area contributed by atoms with E-state index in [0.717, 1.165) is 30.6 Å². The van der Waals surface area contributed by atoms with Gasteiger partial charge in [-0.3, -0.25) is 9.59 Å². The predicted octanol–water partition coefficient (Wildman–Crippen LogP) is 4.47. The van der Waals surface area contributed by atoms with Crippen molar-refractivity contribution in [1.82, 2.24) is 9.97 Å². The SMILES string of the molecule is CC[C@H]1C[C@@H](Nc2ncncc2C(=O)c2cc(C=O)c(Cl)s2)C[C@@H]1C. The summed E-state index contributed by atoms with van der Waals surface area (Å²) >= 11 is 7.09. The number of rotatable bonds is 6. The summed E-state index contributed by atoms with van der Waals surface area (Å²) < 4.78 is 0.320. The maximum absolute atomic E-state index is 12.8. The largest absolute Gasteiger partial charge is 0.367 e. The Morgan fingerprint density at radius 2 is 2.28 bits per heavy atom. The van der Waals surface area contributed by atoms with Crippen molar-refractivity contribution in [1.29, 1.82) is 0 Å². The molecule has 1 fully saturated rings. The fourth-order valence-corrected chi connectivity index (χ4v) is 4.69. The number of anilines is 1. The summed E-state index contributed by atoms with van der Waals surface area (Å²) in [6.07, 6.45) is 6.92. The molecule has 3 rings (SSSR count). The van der Waals surface area contributed by atoms with Gasteiger partial charge in [-0.25, -0.2) is 9.97 Å². The molecule has 2 aromatic heterocycles. The molecule has 0 bridgehead atoms. The maximum Gasteiger partial charge on any atom is 0.208 e. The first kappa shape index (κ1) is 18.0. The van der Waals surface area contributed by atoms with Crippen LogP contribution in [0.4, 0.5) is 5.82 Å². The summed E-state index contributed by atoms with van der Waals surface area (Å²) in [7, 11) is 0. The van der Waals surface area contributed by atoms with Gasteiger partial charge in [0.1, 0.15) is 16.5 Å². The van der Waals surface area contributed by atoms with Crippen molar-refractivity contribution < 1.29 is 9.59 Å². The number of hydrogen-bond acceptors (Lipinski definition) is 6. The molecule has 0 aliphatic heterocycles. The smallest absolute Gasteiger partial charge is 0.208 e. The lowest BCUT2D eigenvalue weighted by atomic mass is 9.96. The monoisotopic (exact) mass is 377 g/mol. The molecule has 1 aliphatic rings. The topological polar surface area (TPSA) is 72.0 Å². The van der Waals surface area contributed by atoms with Gasteiger partial charge >= 0.3 is 0 Å². The summed E-state index contributed by atoms with van der Waals surface area (Å²) in [5, 5.41) is 3.42. The first-order chi connectivity index (χ1) is 12.0. The number of carbonyl (C=O) groups is 2. The van der Waals surface area contributed by atoms with E-state index in [0.29, 0.717) is 50.3 Å². The van der Waals surface area contributed by atoms with Gasteiger partial charge in [-0.15, -0.1) is 11.3 Å². The Hall–Kier alpha value is -1.79. The summed E-state index contributed by atoms with van der Waals surface area (Å²) in [4.78, 5) is 32.5. The third kappa shape index (κ3) is 3.75. The van der Waals surface area contributed by atoms with Crippen LogP contribution in [0.3, 0.4) is 0 Å². The lowest BCUT2D eigenvalue weighted by Crippen LogP contribution is -2.19. The number of carbonyl (C=O) groups excluding carboxylic acids is 2. The van der Waals surface area contributed by atoms with Gasteiger partial charge < -0.3 is 5.32 Å². The molecule has 3 atom stereocenters. The average Bonchev–Trinajstić information content (AvgIpc) is 3.16. The fourth-order valence-electron chi connectivity index (χ4n) is 3.53. The zero-order valence-corrected chi connectivity index (χ0v) is 15.7. The van der Waals surface area contributed by atoms with Crippen molar-refractivity contribution in [3.63, 3.8) is 0 Å². The number of aldehydes is 1. The van der Waals surface area contributed by atoms with E-state index in [2.05, 4.69) is 29.1 Å². The van der Waals surface area contributed by atoms with Crippen LogP contribution in [0, 0.1) is 11.8 Å². The number of ketones is 1. The second-order valence-electron chi connectivity index (χ2n) is 6.53. The maximum atomic E-state index is 12.8. The lowest BCUT2D eigenvalue weighted by molar-refractivity contribution is 0.104. The minimum atomic E-state index is -0.221. The Bertz CT molecular complexity index is 792. The Kier molecular flexibility index (Phi) is 5.49. The molecule has 7 heteroatoms. The number of aromatic nitrogens is 2. The second kappa shape index (κ2) is 7.62. The zero-order chi connectivity index (χ0) is 18.0. The molecule has 2 aromatic rings. The summed E-state index contributed by atoms with van der Waals surface area (Å²) in [5.41, 5.74) is 0.738. The molecule has 0 unspecified atom stereocenters. The minimum absolute atomic E-state index is 0.221. The van der Waals surface area contributed by atoms with Crippen molar-refractivity contribution >= 4 is 40.8 Å². The normalized spacial score (nSPS) is 22.8. The Morgan fingerprint density at radius 3 is 2.92 bits per heavy atom. The average molecular weight is 378 g/mol. The van der Waals surface area contributed by atoms with Gasteiger partial charge in [-0.05, 0) is 30.7 Å². The quantitative estimate of drug-likeness (QED) is 0.593. The highest BCUT2D eigenvalue weighted by Crippen LogP contribution is 2.36. The van der Waals surface area contributed by atoms with Crippen LogP contribution in [-0.4, -0.2) is 28.1 Å². The number of nitrogens with one attached hydrogen (secondary N) is 1. The van der Waals surface area contributed by atoms with Crippen LogP contribution < -0.4 is 5.32 Å². The van der Waals surface area contributed by atoms with Crippen LogP contribution in [-0.2, 0) is 0 Å². The molecule has 1 aliphatic carbocycles. The highest BCUT2D eigenvalue weighted by molar-refractivity contribution is 7.18. The second-order valence-corrected chi connectivity index (χ2v) is 8.18. The van der Waals surface area contributed by atoms with Crippen LogP contribution in [0.15, 0.2) is 18.6 Å². The molecule has 1 N–H and O–H groups in total. The van der Waals surface area contributed by atoms with Gasteiger partial charge in [0.2, 0.25) is 5.78 Å².